The van der Waals surface area contributed by atoms with Crippen LogP contribution in [0.15, 0.2) is 24.3 Å². The third-order valence-electron chi connectivity index (χ3n) is 1.01. The van der Waals surface area contributed by atoms with Gasteiger partial charge in [-0.15, -0.1) is 0 Å². The van der Waals surface area contributed by atoms with Gasteiger partial charge in [0.25, 0.3) is 0 Å². The molecule has 66 valence electrons. The van der Waals surface area contributed by atoms with Crippen molar-refractivity contribution >= 4 is 29.9 Å². The Hall–Kier alpha value is -0.105. The number of halogens is 1. The van der Waals surface area contributed by atoms with Crippen LogP contribution in [0.3, 0.4) is 0 Å². The Bertz CT molecular complexity index is 189. The third-order valence-corrected chi connectivity index (χ3v) is 1.73. The SMILES string of the molecule is Cc1ccc(I)cc1.OB(O)O. The van der Waals surface area contributed by atoms with Crippen LogP contribution in [-0.4, -0.2) is 22.4 Å². The fourth-order valence-electron chi connectivity index (χ4n) is 0.533. The first-order valence-electron chi connectivity index (χ1n) is 3.28. The van der Waals surface area contributed by atoms with Crippen LogP contribution in [0.1, 0.15) is 5.56 Å². The molecule has 0 aliphatic rings. The highest BCUT2D eigenvalue weighted by atomic mass is 127. The molecule has 0 atom stereocenters. The highest BCUT2D eigenvalue weighted by Gasteiger charge is 1.92. The molecular formula is C7H10BIO3. The molecule has 5 heteroatoms. The smallest absolute Gasteiger partial charge is 0.402 e. The highest BCUT2D eigenvalue weighted by Crippen LogP contribution is 2.04. The predicted molar refractivity (Wildman–Crippen MR) is 56.3 cm³/mol. The van der Waals surface area contributed by atoms with Crippen molar-refractivity contribution in [2.45, 2.75) is 6.92 Å². The summed E-state index contributed by atoms with van der Waals surface area (Å²) in [5.74, 6) is 0. The lowest BCUT2D eigenvalue weighted by Crippen LogP contribution is -2.07. The van der Waals surface area contributed by atoms with Crippen molar-refractivity contribution in [2.75, 3.05) is 0 Å². The molecule has 0 aliphatic heterocycles. The summed E-state index contributed by atoms with van der Waals surface area (Å²) < 4.78 is 1.30. The molecule has 0 bridgehead atoms. The van der Waals surface area contributed by atoms with E-state index < -0.39 is 7.32 Å². The molecule has 0 unspecified atom stereocenters. The molecular weight excluding hydrogens is 270 g/mol. The van der Waals surface area contributed by atoms with Gasteiger partial charge in [0, 0.05) is 3.57 Å². The predicted octanol–water partition coefficient (Wildman–Crippen LogP) is 0.548. The van der Waals surface area contributed by atoms with Gasteiger partial charge in [0.05, 0.1) is 0 Å². The topological polar surface area (TPSA) is 60.7 Å². The molecule has 1 rings (SSSR count). The molecule has 0 heterocycles. The Labute approximate surface area is 85.4 Å². The van der Waals surface area contributed by atoms with Crippen molar-refractivity contribution < 1.29 is 15.1 Å². The summed E-state index contributed by atoms with van der Waals surface area (Å²) in [6.45, 7) is 2.09. The summed E-state index contributed by atoms with van der Waals surface area (Å²) in [7, 11) is -2.17. The fourth-order valence-corrected chi connectivity index (χ4v) is 0.893. The van der Waals surface area contributed by atoms with Crippen molar-refractivity contribution in [3.05, 3.63) is 33.4 Å². The van der Waals surface area contributed by atoms with Crippen molar-refractivity contribution in [2.24, 2.45) is 0 Å². The number of aryl methyl sites for hydroxylation is 1. The number of hydrogen-bond donors (Lipinski definition) is 3. The Morgan fingerprint density at radius 2 is 1.42 bits per heavy atom. The van der Waals surface area contributed by atoms with Crippen LogP contribution >= 0.6 is 22.6 Å². The maximum Gasteiger partial charge on any atom is 0.631 e. The summed E-state index contributed by atoms with van der Waals surface area (Å²) in [6, 6.07) is 8.44. The van der Waals surface area contributed by atoms with E-state index in [4.69, 9.17) is 15.1 Å². The van der Waals surface area contributed by atoms with Crippen LogP contribution in [0.5, 0.6) is 0 Å². The van der Waals surface area contributed by atoms with Gasteiger partial charge in [0.1, 0.15) is 0 Å². The van der Waals surface area contributed by atoms with Gasteiger partial charge in [-0.05, 0) is 41.6 Å². The van der Waals surface area contributed by atoms with Crippen LogP contribution < -0.4 is 0 Å². The molecule has 1 aromatic carbocycles. The maximum atomic E-state index is 7.17. The van der Waals surface area contributed by atoms with E-state index in [2.05, 4.69) is 53.8 Å². The number of hydrogen-bond acceptors (Lipinski definition) is 3. The van der Waals surface area contributed by atoms with E-state index in [1.807, 2.05) is 0 Å². The number of benzene rings is 1. The minimum Gasteiger partial charge on any atom is -0.402 e. The van der Waals surface area contributed by atoms with Crippen LogP contribution in [0.2, 0.25) is 0 Å². The number of rotatable bonds is 0. The van der Waals surface area contributed by atoms with Crippen molar-refractivity contribution in [1.29, 1.82) is 0 Å². The summed E-state index contributed by atoms with van der Waals surface area (Å²) >= 11 is 2.30. The van der Waals surface area contributed by atoms with Crippen LogP contribution in [0, 0.1) is 10.5 Å². The molecule has 1 aromatic rings. The summed E-state index contributed by atoms with van der Waals surface area (Å²) in [5, 5.41) is 21.5. The van der Waals surface area contributed by atoms with E-state index in [9.17, 15) is 0 Å². The monoisotopic (exact) mass is 280 g/mol. The average molecular weight is 280 g/mol. The van der Waals surface area contributed by atoms with Crippen molar-refractivity contribution in [3.8, 4) is 0 Å². The van der Waals surface area contributed by atoms with E-state index in [0.29, 0.717) is 0 Å². The van der Waals surface area contributed by atoms with Crippen LogP contribution in [0.4, 0.5) is 0 Å². The first-order chi connectivity index (χ1) is 5.52. The van der Waals surface area contributed by atoms with Crippen molar-refractivity contribution in [3.63, 3.8) is 0 Å². The third kappa shape index (κ3) is 8.00. The van der Waals surface area contributed by atoms with Gasteiger partial charge in [-0.2, -0.15) is 0 Å². The average Bonchev–Trinajstić information content (AvgIpc) is 1.94. The van der Waals surface area contributed by atoms with Gasteiger partial charge in [-0.25, -0.2) is 0 Å². The zero-order valence-electron chi connectivity index (χ0n) is 6.61. The largest absolute Gasteiger partial charge is 0.631 e. The zero-order valence-corrected chi connectivity index (χ0v) is 8.76. The molecule has 12 heavy (non-hydrogen) atoms. The lowest BCUT2D eigenvalue weighted by molar-refractivity contribution is 0.278. The van der Waals surface area contributed by atoms with Crippen molar-refractivity contribution in [1.82, 2.24) is 0 Å². The second kappa shape index (κ2) is 6.42. The van der Waals surface area contributed by atoms with Crippen LogP contribution in [-0.2, 0) is 0 Å². The van der Waals surface area contributed by atoms with E-state index in [1.54, 1.807) is 0 Å². The van der Waals surface area contributed by atoms with E-state index in [1.165, 1.54) is 9.13 Å². The second-order valence-corrected chi connectivity index (χ2v) is 3.39. The Balaban J connectivity index is 0.000000261. The van der Waals surface area contributed by atoms with E-state index in [0.717, 1.165) is 0 Å². The lowest BCUT2D eigenvalue weighted by Gasteiger charge is -1.88. The molecule has 0 spiro atoms. The molecule has 0 aliphatic carbocycles. The fraction of sp³-hybridized carbons (Fsp3) is 0.143. The van der Waals surface area contributed by atoms with Gasteiger partial charge in [-0.1, -0.05) is 17.7 Å². The van der Waals surface area contributed by atoms with Gasteiger partial charge in [0.15, 0.2) is 0 Å². The standard InChI is InChI=1S/C7H7I.BH3O3/c1-6-2-4-7(8)5-3-6;2-1(3)4/h2-5H,1H3;2-4H. The molecule has 0 fully saturated rings. The minimum absolute atomic E-state index is 1.30. The molecule has 0 aromatic heterocycles. The Morgan fingerprint density at radius 3 is 1.67 bits per heavy atom. The zero-order chi connectivity index (χ0) is 9.56. The first-order valence-corrected chi connectivity index (χ1v) is 4.36. The maximum absolute atomic E-state index is 7.17. The van der Waals surface area contributed by atoms with Gasteiger partial charge in [0.2, 0.25) is 0 Å². The van der Waals surface area contributed by atoms with Gasteiger partial charge < -0.3 is 15.1 Å². The molecule has 0 amide bonds. The summed E-state index contributed by atoms with van der Waals surface area (Å²) in [5.41, 5.74) is 1.32. The Morgan fingerprint density at radius 1 is 1.08 bits per heavy atom. The first kappa shape index (κ1) is 11.9. The molecule has 0 saturated carbocycles. The molecule has 3 nitrogen and oxygen atoms in total. The van der Waals surface area contributed by atoms with E-state index >= 15 is 0 Å². The van der Waals surface area contributed by atoms with Crippen LogP contribution in [0.25, 0.3) is 0 Å². The normalized spacial score (nSPS) is 8.42. The summed E-state index contributed by atoms with van der Waals surface area (Å²) in [4.78, 5) is 0. The highest BCUT2D eigenvalue weighted by molar-refractivity contribution is 14.1. The Kier molecular flexibility index (Phi) is 6.36. The quantitative estimate of drug-likeness (QED) is 0.480. The second-order valence-electron chi connectivity index (χ2n) is 2.14. The lowest BCUT2D eigenvalue weighted by atomic mass is 10.2. The van der Waals surface area contributed by atoms with E-state index in [-0.39, 0.29) is 0 Å². The summed E-state index contributed by atoms with van der Waals surface area (Å²) in [6.07, 6.45) is 0. The van der Waals surface area contributed by atoms with Gasteiger partial charge >= 0.3 is 7.32 Å². The molecule has 0 saturated heterocycles. The van der Waals surface area contributed by atoms with Gasteiger partial charge in [-0.3, -0.25) is 0 Å². The molecule has 3 N–H and O–H groups in total. The molecule has 0 radical (unpaired) electrons. The minimum atomic E-state index is -2.17.